The molecule has 0 aliphatic carbocycles. The zero-order valence-corrected chi connectivity index (χ0v) is 14.1. The summed E-state index contributed by atoms with van der Waals surface area (Å²) in [6.07, 6.45) is 6.92. The number of anilines is 1. The van der Waals surface area contributed by atoms with Crippen molar-refractivity contribution in [2.45, 2.75) is 19.8 Å². The summed E-state index contributed by atoms with van der Waals surface area (Å²) in [5.41, 5.74) is 0.860. The first kappa shape index (κ1) is 17.0. The molecular weight excluding hydrogens is 312 g/mol. The van der Waals surface area contributed by atoms with Crippen molar-refractivity contribution in [1.29, 1.82) is 0 Å². The highest BCUT2D eigenvalue weighted by Gasteiger charge is 2.05. The van der Waals surface area contributed by atoms with Crippen molar-refractivity contribution in [3.63, 3.8) is 0 Å². The maximum absolute atomic E-state index is 11.8. The fourth-order valence-corrected chi connectivity index (χ4v) is 2.37. The van der Waals surface area contributed by atoms with Crippen LogP contribution in [-0.4, -0.2) is 24.6 Å². The third-order valence-electron chi connectivity index (χ3n) is 3.03. The molecule has 2 aromatic rings. The van der Waals surface area contributed by atoms with E-state index < -0.39 is 0 Å². The van der Waals surface area contributed by atoms with Crippen LogP contribution in [-0.2, 0) is 4.79 Å². The van der Waals surface area contributed by atoms with Gasteiger partial charge in [0.15, 0.2) is 16.6 Å². The molecule has 2 rings (SSSR count). The lowest BCUT2D eigenvalue weighted by atomic mass is 10.2. The number of hydrogen-bond acceptors (Lipinski definition) is 5. The summed E-state index contributed by atoms with van der Waals surface area (Å²) in [7, 11) is 1.60. The number of methoxy groups -OCH3 is 1. The molecule has 0 unspecified atom stereocenters. The summed E-state index contributed by atoms with van der Waals surface area (Å²) >= 11 is 1.38. The Morgan fingerprint density at radius 2 is 2.26 bits per heavy atom. The van der Waals surface area contributed by atoms with Crippen LogP contribution < -0.4 is 14.8 Å². The Morgan fingerprint density at radius 1 is 1.39 bits per heavy atom. The summed E-state index contributed by atoms with van der Waals surface area (Å²) in [6.45, 7) is 2.78. The fraction of sp³-hybridized carbons (Fsp3) is 0.294. The van der Waals surface area contributed by atoms with Crippen molar-refractivity contribution < 1.29 is 14.3 Å². The van der Waals surface area contributed by atoms with Crippen LogP contribution in [0.3, 0.4) is 0 Å². The number of amides is 1. The number of nitrogens with zero attached hydrogens (tertiary/aromatic N) is 1. The largest absolute Gasteiger partial charge is 0.493 e. The lowest BCUT2D eigenvalue weighted by molar-refractivity contribution is -0.111. The van der Waals surface area contributed by atoms with Crippen LogP contribution in [0, 0.1) is 0 Å². The van der Waals surface area contributed by atoms with E-state index in [9.17, 15) is 4.79 Å². The first-order chi connectivity index (χ1) is 11.2. The predicted octanol–water partition coefficient (Wildman–Crippen LogP) is 3.98. The molecule has 23 heavy (non-hydrogen) atoms. The van der Waals surface area contributed by atoms with Gasteiger partial charge in [-0.15, -0.1) is 11.3 Å². The van der Waals surface area contributed by atoms with E-state index in [1.807, 2.05) is 23.6 Å². The summed E-state index contributed by atoms with van der Waals surface area (Å²) < 4.78 is 11.0. The van der Waals surface area contributed by atoms with Gasteiger partial charge in [-0.2, -0.15) is 0 Å². The average molecular weight is 332 g/mol. The Kier molecular flexibility index (Phi) is 6.62. The average Bonchev–Trinajstić information content (AvgIpc) is 3.06. The maximum Gasteiger partial charge on any atom is 0.250 e. The fourth-order valence-electron chi connectivity index (χ4n) is 1.84. The highest BCUT2D eigenvalue weighted by atomic mass is 32.1. The van der Waals surface area contributed by atoms with Gasteiger partial charge in [-0.05, 0) is 30.2 Å². The van der Waals surface area contributed by atoms with Crippen LogP contribution in [0.15, 0.2) is 35.9 Å². The van der Waals surface area contributed by atoms with Gasteiger partial charge in [-0.1, -0.05) is 19.4 Å². The van der Waals surface area contributed by atoms with Crippen LogP contribution in [0.4, 0.5) is 5.13 Å². The highest BCUT2D eigenvalue weighted by molar-refractivity contribution is 7.13. The van der Waals surface area contributed by atoms with Gasteiger partial charge in [0.05, 0.1) is 13.7 Å². The van der Waals surface area contributed by atoms with E-state index in [4.69, 9.17) is 9.47 Å². The van der Waals surface area contributed by atoms with Crippen molar-refractivity contribution in [3.05, 3.63) is 41.4 Å². The first-order valence-electron chi connectivity index (χ1n) is 7.42. The summed E-state index contributed by atoms with van der Waals surface area (Å²) in [4.78, 5) is 15.8. The second-order valence-corrected chi connectivity index (χ2v) is 5.67. The molecule has 1 amide bonds. The van der Waals surface area contributed by atoms with Crippen LogP contribution in [0.2, 0.25) is 0 Å². The van der Waals surface area contributed by atoms with Gasteiger partial charge in [0.2, 0.25) is 5.91 Å². The van der Waals surface area contributed by atoms with Gasteiger partial charge in [-0.25, -0.2) is 4.98 Å². The molecule has 1 N–H and O–H groups in total. The number of ether oxygens (including phenoxy) is 2. The molecule has 0 saturated carbocycles. The van der Waals surface area contributed by atoms with E-state index in [2.05, 4.69) is 17.2 Å². The Labute approximate surface area is 140 Å². The molecule has 0 radical (unpaired) electrons. The van der Waals surface area contributed by atoms with Crippen LogP contribution in [0.1, 0.15) is 25.3 Å². The number of carbonyl (C=O) groups is 1. The Balaban J connectivity index is 1.99. The highest BCUT2D eigenvalue weighted by Crippen LogP contribution is 2.28. The third-order valence-corrected chi connectivity index (χ3v) is 3.72. The predicted molar refractivity (Wildman–Crippen MR) is 93.2 cm³/mol. The minimum atomic E-state index is -0.220. The Morgan fingerprint density at radius 3 is 2.96 bits per heavy atom. The molecule has 6 heteroatoms. The molecule has 122 valence electrons. The molecule has 1 aromatic heterocycles. The SMILES string of the molecule is CCCCOc1ccc(C=CC(=O)Nc2nccs2)cc1OC. The molecule has 1 aromatic carbocycles. The number of aromatic nitrogens is 1. The standard InChI is InChI=1S/C17H20N2O3S/c1-3-4-10-22-14-7-5-13(12-15(14)21-2)6-8-16(20)19-17-18-9-11-23-17/h5-9,11-12H,3-4,10H2,1-2H3,(H,18,19,20). The third kappa shape index (κ3) is 5.41. The summed E-state index contributed by atoms with van der Waals surface area (Å²) in [5.74, 6) is 1.15. The van der Waals surface area contributed by atoms with E-state index in [1.165, 1.54) is 17.4 Å². The number of rotatable bonds is 8. The lowest BCUT2D eigenvalue weighted by Crippen LogP contribution is -2.07. The van der Waals surface area contributed by atoms with Crippen molar-refractivity contribution in [2.24, 2.45) is 0 Å². The van der Waals surface area contributed by atoms with Crippen molar-refractivity contribution in [1.82, 2.24) is 4.98 Å². The van der Waals surface area contributed by atoms with Gasteiger partial charge >= 0.3 is 0 Å². The number of carbonyl (C=O) groups excluding carboxylic acids is 1. The Hall–Kier alpha value is -2.34. The van der Waals surface area contributed by atoms with Gasteiger partial charge in [0, 0.05) is 17.7 Å². The minimum Gasteiger partial charge on any atom is -0.493 e. The van der Waals surface area contributed by atoms with Gasteiger partial charge in [0.25, 0.3) is 0 Å². The molecule has 0 spiro atoms. The van der Waals surface area contributed by atoms with Crippen molar-refractivity contribution >= 4 is 28.5 Å². The number of unbranched alkanes of at least 4 members (excludes halogenated alkanes) is 1. The molecular formula is C17H20N2O3S. The van der Waals surface area contributed by atoms with E-state index in [0.717, 1.165) is 18.4 Å². The van der Waals surface area contributed by atoms with Crippen LogP contribution in [0.5, 0.6) is 11.5 Å². The van der Waals surface area contributed by atoms with E-state index in [0.29, 0.717) is 23.2 Å². The number of nitrogens with one attached hydrogen (secondary N) is 1. The normalized spacial score (nSPS) is 10.7. The van der Waals surface area contributed by atoms with Gasteiger partial charge < -0.3 is 9.47 Å². The lowest BCUT2D eigenvalue weighted by Gasteiger charge is -2.10. The molecule has 0 aliphatic heterocycles. The van der Waals surface area contributed by atoms with Crippen molar-refractivity contribution in [2.75, 3.05) is 19.0 Å². The zero-order valence-electron chi connectivity index (χ0n) is 13.2. The summed E-state index contributed by atoms with van der Waals surface area (Å²) in [6, 6.07) is 5.58. The number of hydrogen-bond donors (Lipinski definition) is 1. The number of thiazole rings is 1. The molecule has 0 aliphatic rings. The molecule has 0 atom stereocenters. The van der Waals surface area contributed by atoms with E-state index in [1.54, 1.807) is 19.4 Å². The monoisotopic (exact) mass is 332 g/mol. The smallest absolute Gasteiger partial charge is 0.250 e. The van der Waals surface area contributed by atoms with Crippen molar-refractivity contribution in [3.8, 4) is 11.5 Å². The quantitative estimate of drug-likeness (QED) is 0.587. The molecule has 0 bridgehead atoms. The van der Waals surface area contributed by atoms with E-state index in [-0.39, 0.29) is 5.91 Å². The van der Waals surface area contributed by atoms with Gasteiger partial charge in [-0.3, -0.25) is 10.1 Å². The molecule has 0 saturated heterocycles. The van der Waals surface area contributed by atoms with Gasteiger partial charge in [0.1, 0.15) is 0 Å². The van der Waals surface area contributed by atoms with Crippen LogP contribution >= 0.6 is 11.3 Å². The zero-order chi connectivity index (χ0) is 16.5. The van der Waals surface area contributed by atoms with Crippen LogP contribution in [0.25, 0.3) is 6.08 Å². The summed E-state index contributed by atoms with van der Waals surface area (Å²) in [5, 5.41) is 5.08. The molecule has 0 fully saturated rings. The Bertz CT molecular complexity index is 654. The maximum atomic E-state index is 11.8. The van der Waals surface area contributed by atoms with E-state index >= 15 is 0 Å². The molecule has 5 nitrogen and oxygen atoms in total. The second-order valence-electron chi connectivity index (χ2n) is 4.77. The number of benzene rings is 1. The minimum absolute atomic E-state index is 0.220. The topological polar surface area (TPSA) is 60.5 Å². The molecule has 1 heterocycles. The first-order valence-corrected chi connectivity index (χ1v) is 8.30. The second kappa shape index (κ2) is 8.95.